The van der Waals surface area contributed by atoms with Gasteiger partial charge in [-0.2, -0.15) is 0 Å². The molecule has 1 fully saturated rings. The van der Waals surface area contributed by atoms with Gasteiger partial charge in [-0.25, -0.2) is 4.39 Å². The minimum absolute atomic E-state index is 0.0724. The molecular weight excluding hydrogens is 253 g/mol. The van der Waals surface area contributed by atoms with E-state index in [1.54, 1.807) is 12.1 Å². The molecule has 18 heavy (non-hydrogen) atoms. The van der Waals surface area contributed by atoms with E-state index >= 15 is 0 Å². The molecule has 1 N–H and O–H groups in total. The molecule has 0 saturated heterocycles. The Morgan fingerprint density at radius 2 is 2.06 bits per heavy atom. The van der Waals surface area contributed by atoms with Crippen molar-refractivity contribution in [2.24, 2.45) is 5.92 Å². The van der Waals surface area contributed by atoms with Crippen molar-refractivity contribution >= 4 is 17.4 Å². The second kappa shape index (κ2) is 5.81. The van der Waals surface area contributed by atoms with E-state index in [1.807, 2.05) is 7.05 Å². The van der Waals surface area contributed by atoms with Crippen molar-refractivity contribution in [3.05, 3.63) is 34.6 Å². The summed E-state index contributed by atoms with van der Waals surface area (Å²) < 4.78 is 13.9. The molecular formula is C14H17ClFNO. The fraction of sp³-hybridized carbons (Fsp3) is 0.500. The summed E-state index contributed by atoms with van der Waals surface area (Å²) in [5.74, 6) is 0.365. The number of carbonyl (C=O) groups excluding carboxylic acids is 1. The maximum atomic E-state index is 13.9. The number of halogens is 2. The van der Waals surface area contributed by atoms with Crippen LogP contribution in [0.15, 0.2) is 18.2 Å². The number of nitrogens with one attached hydrogen (secondary N) is 1. The van der Waals surface area contributed by atoms with Gasteiger partial charge < -0.3 is 5.32 Å². The Balaban J connectivity index is 2.22. The molecule has 0 spiro atoms. The smallest absolute Gasteiger partial charge is 0.132 e. The summed E-state index contributed by atoms with van der Waals surface area (Å²) in [5, 5.41) is 3.70. The molecule has 4 heteroatoms. The molecule has 98 valence electrons. The molecule has 1 aromatic rings. The van der Waals surface area contributed by atoms with Crippen LogP contribution in [0, 0.1) is 11.7 Å². The van der Waals surface area contributed by atoms with E-state index in [4.69, 9.17) is 11.6 Å². The van der Waals surface area contributed by atoms with Gasteiger partial charge in [0, 0.05) is 29.5 Å². The molecule has 0 amide bonds. The summed E-state index contributed by atoms with van der Waals surface area (Å²) in [6.45, 7) is 0. The Kier molecular flexibility index (Phi) is 4.36. The zero-order chi connectivity index (χ0) is 13.1. The van der Waals surface area contributed by atoms with E-state index < -0.39 is 0 Å². The van der Waals surface area contributed by atoms with E-state index in [-0.39, 0.29) is 11.9 Å². The molecule has 0 bridgehead atoms. The molecule has 1 aliphatic rings. The normalized spacial score (nSPS) is 18.9. The third-order valence-electron chi connectivity index (χ3n) is 3.66. The van der Waals surface area contributed by atoms with Crippen LogP contribution in [-0.4, -0.2) is 12.8 Å². The summed E-state index contributed by atoms with van der Waals surface area (Å²) in [5.41, 5.74) is 0.601. The number of carbonyl (C=O) groups is 1. The van der Waals surface area contributed by atoms with E-state index in [0.717, 1.165) is 12.8 Å². The maximum absolute atomic E-state index is 13.9. The highest BCUT2D eigenvalue weighted by molar-refractivity contribution is 6.30. The van der Waals surface area contributed by atoms with Crippen molar-refractivity contribution < 1.29 is 9.18 Å². The van der Waals surface area contributed by atoms with Crippen LogP contribution in [0.4, 0.5) is 4.39 Å². The first-order valence-electron chi connectivity index (χ1n) is 6.25. The van der Waals surface area contributed by atoms with Crippen molar-refractivity contribution in [3.63, 3.8) is 0 Å². The van der Waals surface area contributed by atoms with Crippen LogP contribution in [0.3, 0.4) is 0 Å². The maximum Gasteiger partial charge on any atom is 0.132 e. The van der Waals surface area contributed by atoms with Crippen molar-refractivity contribution in [1.82, 2.24) is 5.32 Å². The monoisotopic (exact) mass is 269 g/mol. The van der Waals surface area contributed by atoms with E-state index in [1.165, 1.54) is 6.07 Å². The molecule has 2 rings (SSSR count). The lowest BCUT2D eigenvalue weighted by atomic mass is 9.80. The Morgan fingerprint density at radius 3 is 2.67 bits per heavy atom. The van der Waals surface area contributed by atoms with Gasteiger partial charge in [-0.05, 0) is 44.0 Å². The van der Waals surface area contributed by atoms with Crippen molar-refractivity contribution in [1.29, 1.82) is 0 Å². The van der Waals surface area contributed by atoms with Gasteiger partial charge in [0.25, 0.3) is 0 Å². The molecule has 1 atom stereocenters. The predicted octanol–water partition coefficient (Wildman–Crippen LogP) is 3.50. The summed E-state index contributed by atoms with van der Waals surface area (Å²) in [6, 6.07) is 4.55. The first-order chi connectivity index (χ1) is 8.61. The molecule has 2 nitrogen and oxygen atoms in total. The highest BCUT2D eigenvalue weighted by atomic mass is 35.5. The van der Waals surface area contributed by atoms with Crippen molar-refractivity contribution in [2.45, 2.75) is 31.7 Å². The van der Waals surface area contributed by atoms with Crippen LogP contribution >= 0.6 is 11.6 Å². The molecule has 1 aromatic carbocycles. The highest BCUT2D eigenvalue weighted by Crippen LogP contribution is 2.35. The summed E-state index contributed by atoms with van der Waals surface area (Å²) >= 11 is 5.93. The summed E-state index contributed by atoms with van der Waals surface area (Å²) in [4.78, 5) is 11.3. The standard InChI is InChI=1S/C14H17ClFNO/c1-17-14(9-2-5-11(18)6-3-9)12-8-10(15)4-7-13(12)16/h4,7-9,14,17H,2-3,5-6H2,1H3. The molecule has 0 aromatic heterocycles. The first kappa shape index (κ1) is 13.5. The Labute approximate surface area is 112 Å². The van der Waals surface area contributed by atoms with E-state index in [0.29, 0.717) is 35.1 Å². The third-order valence-corrected chi connectivity index (χ3v) is 3.90. The zero-order valence-corrected chi connectivity index (χ0v) is 11.1. The second-order valence-corrected chi connectivity index (χ2v) is 5.24. The molecule has 0 aliphatic heterocycles. The van der Waals surface area contributed by atoms with Crippen LogP contribution in [0.25, 0.3) is 0 Å². The van der Waals surface area contributed by atoms with Gasteiger partial charge in [0.05, 0.1) is 0 Å². The highest BCUT2D eigenvalue weighted by Gasteiger charge is 2.28. The van der Waals surface area contributed by atoms with Crippen LogP contribution in [0.1, 0.15) is 37.3 Å². The van der Waals surface area contributed by atoms with Gasteiger partial charge in [-0.1, -0.05) is 11.6 Å². The average Bonchev–Trinajstić information content (AvgIpc) is 2.37. The van der Waals surface area contributed by atoms with Gasteiger partial charge in [-0.3, -0.25) is 4.79 Å². The molecule has 1 aliphatic carbocycles. The fourth-order valence-corrected chi connectivity index (χ4v) is 2.87. The zero-order valence-electron chi connectivity index (χ0n) is 10.4. The third kappa shape index (κ3) is 2.90. The van der Waals surface area contributed by atoms with Crippen molar-refractivity contribution in [2.75, 3.05) is 7.05 Å². The minimum atomic E-state index is -0.240. The minimum Gasteiger partial charge on any atom is -0.313 e. The van der Waals surface area contributed by atoms with Gasteiger partial charge in [0.15, 0.2) is 0 Å². The first-order valence-corrected chi connectivity index (χ1v) is 6.63. The Morgan fingerprint density at radius 1 is 1.39 bits per heavy atom. The lowest BCUT2D eigenvalue weighted by molar-refractivity contribution is -0.121. The number of ketones is 1. The molecule has 1 unspecified atom stereocenters. The largest absolute Gasteiger partial charge is 0.313 e. The molecule has 1 saturated carbocycles. The van der Waals surface area contributed by atoms with Gasteiger partial charge in [0.2, 0.25) is 0 Å². The lowest BCUT2D eigenvalue weighted by Crippen LogP contribution is -2.29. The number of Topliss-reactive ketones (excluding diaryl/α,β-unsaturated/α-hetero) is 1. The van der Waals surface area contributed by atoms with Crippen LogP contribution < -0.4 is 5.32 Å². The quantitative estimate of drug-likeness (QED) is 0.910. The van der Waals surface area contributed by atoms with Crippen LogP contribution in [-0.2, 0) is 4.79 Å². The lowest BCUT2D eigenvalue weighted by Gasteiger charge is -2.30. The molecule has 0 radical (unpaired) electrons. The van der Waals surface area contributed by atoms with Gasteiger partial charge in [-0.15, -0.1) is 0 Å². The van der Waals surface area contributed by atoms with Gasteiger partial charge in [0.1, 0.15) is 11.6 Å². The second-order valence-electron chi connectivity index (χ2n) is 4.81. The van der Waals surface area contributed by atoms with Crippen LogP contribution in [0.5, 0.6) is 0 Å². The summed E-state index contributed by atoms with van der Waals surface area (Å²) in [7, 11) is 1.82. The van der Waals surface area contributed by atoms with E-state index in [2.05, 4.69) is 5.32 Å². The van der Waals surface area contributed by atoms with E-state index in [9.17, 15) is 9.18 Å². The number of rotatable bonds is 3. The topological polar surface area (TPSA) is 29.1 Å². The predicted molar refractivity (Wildman–Crippen MR) is 70.2 cm³/mol. The van der Waals surface area contributed by atoms with Gasteiger partial charge >= 0.3 is 0 Å². The Hall–Kier alpha value is -0.930. The number of benzene rings is 1. The summed E-state index contributed by atoms with van der Waals surface area (Å²) in [6.07, 6.45) is 2.84. The number of hydrogen-bond acceptors (Lipinski definition) is 2. The van der Waals surface area contributed by atoms with Crippen molar-refractivity contribution in [3.8, 4) is 0 Å². The molecule has 0 heterocycles. The average molecular weight is 270 g/mol. The van der Waals surface area contributed by atoms with Crippen LogP contribution in [0.2, 0.25) is 5.02 Å². The SMILES string of the molecule is CNC(c1cc(Cl)ccc1F)C1CCC(=O)CC1. The number of hydrogen-bond donors (Lipinski definition) is 1. The Bertz CT molecular complexity index is 439. The fourth-order valence-electron chi connectivity index (χ4n) is 2.69.